The van der Waals surface area contributed by atoms with Gasteiger partial charge in [0.15, 0.2) is 0 Å². The maximum atomic E-state index is 11.5. The van der Waals surface area contributed by atoms with Crippen molar-refractivity contribution in [3.63, 3.8) is 0 Å². The number of benzene rings is 1. The summed E-state index contributed by atoms with van der Waals surface area (Å²) >= 11 is 0. The molecule has 1 amide bonds. The molecule has 0 aliphatic rings. The summed E-state index contributed by atoms with van der Waals surface area (Å²) in [5, 5.41) is 0. The number of rotatable bonds is 7. The van der Waals surface area contributed by atoms with Crippen LogP contribution in [-0.2, 0) is 9.53 Å². The molecule has 0 aromatic heterocycles. The zero-order chi connectivity index (χ0) is 13.4. The molecule has 0 spiro atoms. The van der Waals surface area contributed by atoms with Crippen molar-refractivity contribution < 1.29 is 19.1 Å². The first-order valence-electron chi connectivity index (χ1n) is 5.81. The minimum Gasteiger partial charge on any atom is -0.427 e. The Hall–Kier alpha value is -1.88. The van der Waals surface area contributed by atoms with Crippen LogP contribution in [0.5, 0.6) is 5.75 Å². The smallest absolute Gasteiger partial charge is 0.311 e. The Morgan fingerprint density at radius 2 is 2.11 bits per heavy atom. The zero-order valence-corrected chi connectivity index (χ0v) is 10.3. The Bertz CT molecular complexity index is 417. The number of hydrogen-bond donors (Lipinski definition) is 1. The molecule has 0 aliphatic carbocycles. The molecule has 5 nitrogen and oxygen atoms in total. The zero-order valence-electron chi connectivity index (χ0n) is 10.3. The Balaban J connectivity index is 2.44. The molecule has 0 heterocycles. The van der Waals surface area contributed by atoms with Crippen molar-refractivity contribution in [3.8, 4) is 5.75 Å². The SMILES string of the molecule is CCOCCCC(=O)Oc1cccc(C(N)=O)c1. The fraction of sp³-hybridized carbons (Fsp3) is 0.385. The van der Waals surface area contributed by atoms with E-state index in [1.54, 1.807) is 18.2 Å². The molecule has 0 bridgehead atoms. The van der Waals surface area contributed by atoms with E-state index in [1.165, 1.54) is 6.07 Å². The van der Waals surface area contributed by atoms with E-state index in [4.69, 9.17) is 15.2 Å². The predicted molar refractivity (Wildman–Crippen MR) is 66.3 cm³/mol. The van der Waals surface area contributed by atoms with Gasteiger partial charge < -0.3 is 15.2 Å². The highest BCUT2D eigenvalue weighted by Crippen LogP contribution is 2.13. The molecule has 0 radical (unpaired) electrons. The fourth-order valence-electron chi connectivity index (χ4n) is 1.36. The molecule has 0 fully saturated rings. The summed E-state index contributed by atoms with van der Waals surface area (Å²) in [5.41, 5.74) is 5.45. The van der Waals surface area contributed by atoms with Gasteiger partial charge in [-0.15, -0.1) is 0 Å². The van der Waals surface area contributed by atoms with E-state index in [0.29, 0.717) is 30.9 Å². The molecule has 1 aromatic rings. The van der Waals surface area contributed by atoms with Crippen LogP contribution in [0, 0.1) is 0 Å². The number of hydrogen-bond acceptors (Lipinski definition) is 4. The van der Waals surface area contributed by atoms with Crippen LogP contribution >= 0.6 is 0 Å². The van der Waals surface area contributed by atoms with Crippen LogP contribution < -0.4 is 10.5 Å². The summed E-state index contributed by atoms with van der Waals surface area (Å²) in [7, 11) is 0. The van der Waals surface area contributed by atoms with Crippen LogP contribution in [0.25, 0.3) is 0 Å². The molecule has 2 N–H and O–H groups in total. The minimum atomic E-state index is -0.552. The largest absolute Gasteiger partial charge is 0.427 e. The van der Waals surface area contributed by atoms with Crippen molar-refractivity contribution in [1.82, 2.24) is 0 Å². The van der Waals surface area contributed by atoms with Gasteiger partial charge in [0, 0.05) is 25.2 Å². The van der Waals surface area contributed by atoms with E-state index in [2.05, 4.69) is 0 Å². The van der Waals surface area contributed by atoms with Gasteiger partial charge in [0.1, 0.15) is 5.75 Å². The lowest BCUT2D eigenvalue weighted by Crippen LogP contribution is -2.12. The van der Waals surface area contributed by atoms with E-state index in [1.807, 2.05) is 6.92 Å². The number of nitrogens with two attached hydrogens (primary N) is 1. The van der Waals surface area contributed by atoms with E-state index >= 15 is 0 Å². The second-order valence-corrected chi connectivity index (χ2v) is 3.67. The molecule has 0 atom stereocenters. The summed E-state index contributed by atoms with van der Waals surface area (Å²) < 4.78 is 10.2. The third kappa shape index (κ3) is 4.97. The number of ether oxygens (including phenoxy) is 2. The first-order chi connectivity index (χ1) is 8.63. The Morgan fingerprint density at radius 1 is 1.33 bits per heavy atom. The van der Waals surface area contributed by atoms with Gasteiger partial charge in [0.2, 0.25) is 5.91 Å². The van der Waals surface area contributed by atoms with Gasteiger partial charge in [-0.05, 0) is 31.5 Å². The average Bonchev–Trinajstić information content (AvgIpc) is 2.35. The summed E-state index contributed by atoms with van der Waals surface area (Å²) in [6, 6.07) is 6.23. The van der Waals surface area contributed by atoms with Crippen molar-refractivity contribution in [2.24, 2.45) is 5.73 Å². The van der Waals surface area contributed by atoms with Crippen LogP contribution in [0.4, 0.5) is 0 Å². The van der Waals surface area contributed by atoms with Gasteiger partial charge in [-0.2, -0.15) is 0 Å². The number of esters is 1. The maximum absolute atomic E-state index is 11.5. The third-order valence-corrected chi connectivity index (χ3v) is 2.22. The lowest BCUT2D eigenvalue weighted by Gasteiger charge is -2.05. The van der Waals surface area contributed by atoms with Crippen molar-refractivity contribution in [3.05, 3.63) is 29.8 Å². The standard InChI is InChI=1S/C13H17NO4/c1-2-17-8-4-7-12(15)18-11-6-3-5-10(9-11)13(14)16/h3,5-6,9H,2,4,7-8H2,1H3,(H2,14,16). The van der Waals surface area contributed by atoms with Gasteiger partial charge >= 0.3 is 5.97 Å². The van der Waals surface area contributed by atoms with Crippen LogP contribution in [0.1, 0.15) is 30.1 Å². The van der Waals surface area contributed by atoms with E-state index in [9.17, 15) is 9.59 Å². The normalized spacial score (nSPS) is 10.1. The van der Waals surface area contributed by atoms with E-state index in [0.717, 1.165) is 0 Å². The first kappa shape index (κ1) is 14.2. The Labute approximate surface area is 106 Å². The molecule has 98 valence electrons. The molecule has 0 unspecified atom stereocenters. The van der Waals surface area contributed by atoms with Crippen LogP contribution in [-0.4, -0.2) is 25.1 Å². The molecule has 1 rings (SSSR count). The van der Waals surface area contributed by atoms with E-state index in [-0.39, 0.29) is 12.4 Å². The van der Waals surface area contributed by atoms with Crippen LogP contribution in [0.15, 0.2) is 24.3 Å². The highest BCUT2D eigenvalue weighted by molar-refractivity contribution is 5.93. The van der Waals surface area contributed by atoms with Crippen molar-refractivity contribution in [2.75, 3.05) is 13.2 Å². The predicted octanol–water partition coefficient (Wildman–Crippen LogP) is 1.51. The Kier molecular flexibility index (Phi) is 5.87. The van der Waals surface area contributed by atoms with Crippen molar-refractivity contribution in [1.29, 1.82) is 0 Å². The summed E-state index contributed by atoms with van der Waals surface area (Å²) in [6.45, 7) is 3.07. The number of amides is 1. The van der Waals surface area contributed by atoms with E-state index < -0.39 is 5.91 Å². The van der Waals surface area contributed by atoms with Gasteiger partial charge in [0.05, 0.1) is 0 Å². The molecule has 0 aliphatic heterocycles. The van der Waals surface area contributed by atoms with Crippen molar-refractivity contribution >= 4 is 11.9 Å². The number of primary amides is 1. The molecule has 0 saturated carbocycles. The van der Waals surface area contributed by atoms with Gasteiger partial charge in [-0.3, -0.25) is 9.59 Å². The monoisotopic (exact) mass is 251 g/mol. The Morgan fingerprint density at radius 3 is 2.78 bits per heavy atom. The fourth-order valence-corrected chi connectivity index (χ4v) is 1.36. The van der Waals surface area contributed by atoms with Crippen LogP contribution in [0.2, 0.25) is 0 Å². The maximum Gasteiger partial charge on any atom is 0.311 e. The lowest BCUT2D eigenvalue weighted by atomic mass is 10.2. The van der Waals surface area contributed by atoms with Crippen LogP contribution in [0.3, 0.4) is 0 Å². The summed E-state index contributed by atoms with van der Waals surface area (Å²) in [4.78, 5) is 22.4. The summed E-state index contributed by atoms with van der Waals surface area (Å²) in [5.74, 6) is -0.576. The number of carbonyl (C=O) groups is 2. The van der Waals surface area contributed by atoms with Gasteiger partial charge in [-0.1, -0.05) is 6.07 Å². The highest BCUT2D eigenvalue weighted by atomic mass is 16.5. The molecular weight excluding hydrogens is 234 g/mol. The number of carbonyl (C=O) groups excluding carboxylic acids is 2. The molecular formula is C13H17NO4. The second kappa shape index (κ2) is 7.45. The second-order valence-electron chi connectivity index (χ2n) is 3.67. The minimum absolute atomic E-state index is 0.279. The lowest BCUT2D eigenvalue weighted by molar-refractivity contribution is -0.134. The topological polar surface area (TPSA) is 78.6 Å². The first-order valence-corrected chi connectivity index (χ1v) is 5.81. The van der Waals surface area contributed by atoms with Crippen molar-refractivity contribution in [2.45, 2.75) is 19.8 Å². The summed E-state index contributed by atoms with van der Waals surface area (Å²) in [6.07, 6.45) is 0.892. The highest BCUT2D eigenvalue weighted by Gasteiger charge is 2.07. The average molecular weight is 251 g/mol. The van der Waals surface area contributed by atoms with Gasteiger partial charge in [-0.25, -0.2) is 0 Å². The molecule has 18 heavy (non-hydrogen) atoms. The molecule has 5 heteroatoms. The molecule has 0 saturated heterocycles. The molecule has 1 aromatic carbocycles. The third-order valence-electron chi connectivity index (χ3n) is 2.22. The van der Waals surface area contributed by atoms with Gasteiger partial charge in [0.25, 0.3) is 0 Å². The quantitative estimate of drug-likeness (QED) is 0.452.